The van der Waals surface area contributed by atoms with E-state index in [4.69, 9.17) is 18.9 Å². The number of rotatable bonds is 9. The zero-order valence-electron chi connectivity index (χ0n) is 20.9. The molecule has 0 saturated carbocycles. The Kier molecular flexibility index (Phi) is 7.62. The summed E-state index contributed by atoms with van der Waals surface area (Å²) < 4.78 is 36.0. The van der Waals surface area contributed by atoms with E-state index in [0.29, 0.717) is 40.0 Å². The molecule has 0 aliphatic rings. The SMILES string of the molecule is COc1cc2nccc(Oc3ccc(N(CCOc4cccc(F)c4)C(=O)O)c(C)c3C)c2cc1OC. The van der Waals surface area contributed by atoms with Crippen molar-refractivity contribution >= 4 is 22.7 Å². The van der Waals surface area contributed by atoms with Gasteiger partial charge in [0.25, 0.3) is 0 Å². The molecule has 0 fully saturated rings. The van der Waals surface area contributed by atoms with Crippen molar-refractivity contribution < 1.29 is 33.2 Å². The minimum Gasteiger partial charge on any atom is -0.493 e. The highest BCUT2D eigenvalue weighted by Crippen LogP contribution is 2.39. The van der Waals surface area contributed by atoms with Crippen LogP contribution in [0.1, 0.15) is 11.1 Å². The first kappa shape index (κ1) is 25.6. The molecule has 192 valence electrons. The van der Waals surface area contributed by atoms with Gasteiger partial charge in [-0.3, -0.25) is 9.88 Å². The molecule has 0 unspecified atom stereocenters. The summed E-state index contributed by atoms with van der Waals surface area (Å²) in [6.07, 6.45) is 0.519. The first-order valence-corrected chi connectivity index (χ1v) is 11.5. The number of hydrogen-bond donors (Lipinski definition) is 1. The average Bonchev–Trinajstić information content (AvgIpc) is 2.89. The molecule has 0 aliphatic heterocycles. The molecule has 0 aliphatic carbocycles. The number of benzene rings is 3. The number of nitrogens with zero attached hydrogens (tertiary/aromatic N) is 2. The van der Waals surface area contributed by atoms with Gasteiger partial charge < -0.3 is 24.1 Å². The van der Waals surface area contributed by atoms with Crippen LogP contribution in [-0.2, 0) is 0 Å². The minimum atomic E-state index is -1.12. The molecule has 3 aromatic carbocycles. The lowest BCUT2D eigenvalue weighted by Crippen LogP contribution is -2.34. The summed E-state index contributed by atoms with van der Waals surface area (Å²) in [5, 5.41) is 10.6. The van der Waals surface area contributed by atoms with E-state index in [0.717, 1.165) is 16.5 Å². The predicted octanol–water partition coefficient (Wildman–Crippen LogP) is 6.36. The number of ether oxygens (including phenoxy) is 4. The maximum Gasteiger partial charge on any atom is 0.411 e. The molecule has 37 heavy (non-hydrogen) atoms. The van der Waals surface area contributed by atoms with Gasteiger partial charge in [0.2, 0.25) is 0 Å². The molecule has 1 aromatic heterocycles. The third-order valence-corrected chi connectivity index (χ3v) is 6.04. The molecular weight excluding hydrogens is 479 g/mol. The monoisotopic (exact) mass is 506 g/mol. The molecular formula is C28H27FN2O6. The summed E-state index contributed by atoms with van der Waals surface area (Å²) in [5.41, 5.74) is 2.70. The van der Waals surface area contributed by atoms with E-state index < -0.39 is 11.9 Å². The molecule has 4 rings (SSSR count). The Balaban J connectivity index is 1.58. The second kappa shape index (κ2) is 11.0. The van der Waals surface area contributed by atoms with E-state index >= 15 is 0 Å². The van der Waals surface area contributed by atoms with Crippen LogP contribution in [0.2, 0.25) is 0 Å². The highest BCUT2D eigenvalue weighted by Gasteiger charge is 2.20. The minimum absolute atomic E-state index is 0.0563. The van der Waals surface area contributed by atoms with Crippen LogP contribution < -0.4 is 23.8 Å². The number of carboxylic acid groups (broad SMARTS) is 1. The fourth-order valence-electron chi connectivity index (χ4n) is 3.97. The Hall–Kier alpha value is -4.53. The lowest BCUT2D eigenvalue weighted by atomic mass is 10.1. The van der Waals surface area contributed by atoms with Crippen LogP contribution in [0.4, 0.5) is 14.9 Å². The number of halogens is 1. The van der Waals surface area contributed by atoms with E-state index in [-0.39, 0.29) is 13.2 Å². The summed E-state index contributed by atoms with van der Waals surface area (Å²) in [4.78, 5) is 17.6. The lowest BCUT2D eigenvalue weighted by Gasteiger charge is -2.23. The number of aromatic nitrogens is 1. The van der Waals surface area contributed by atoms with Gasteiger partial charge in [-0.25, -0.2) is 9.18 Å². The zero-order valence-corrected chi connectivity index (χ0v) is 20.9. The molecule has 0 saturated heterocycles. The molecule has 8 nitrogen and oxygen atoms in total. The first-order chi connectivity index (χ1) is 17.8. The van der Waals surface area contributed by atoms with E-state index in [1.165, 1.54) is 23.1 Å². The van der Waals surface area contributed by atoms with Crippen molar-refractivity contribution in [3.63, 3.8) is 0 Å². The Labute approximate surface area is 213 Å². The maximum absolute atomic E-state index is 13.4. The largest absolute Gasteiger partial charge is 0.493 e. The fourth-order valence-corrected chi connectivity index (χ4v) is 3.97. The molecule has 0 atom stereocenters. The van der Waals surface area contributed by atoms with Gasteiger partial charge in [-0.1, -0.05) is 6.07 Å². The molecule has 0 radical (unpaired) electrons. The topological polar surface area (TPSA) is 90.4 Å². The van der Waals surface area contributed by atoms with Gasteiger partial charge in [0, 0.05) is 23.7 Å². The van der Waals surface area contributed by atoms with Crippen molar-refractivity contribution in [1.82, 2.24) is 4.98 Å². The van der Waals surface area contributed by atoms with Crippen LogP contribution in [0.15, 0.2) is 60.8 Å². The van der Waals surface area contributed by atoms with Crippen LogP contribution in [0, 0.1) is 19.7 Å². The van der Waals surface area contributed by atoms with E-state index in [1.807, 2.05) is 13.8 Å². The molecule has 4 aromatic rings. The van der Waals surface area contributed by atoms with Crippen LogP contribution in [0.25, 0.3) is 10.9 Å². The molecule has 1 amide bonds. The third-order valence-electron chi connectivity index (χ3n) is 6.04. The van der Waals surface area contributed by atoms with Gasteiger partial charge >= 0.3 is 6.09 Å². The van der Waals surface area contributed by atoms with Gasteiger partial charge in [0.05, 0.1) is 32.0 Å². The number of pyridine rings is 1. The molecule has 1 N–H and O–H groups in total. The Morgan fingerprint density at radius 3 is 2.41 bits per heavy atom. The number of carbonyl (C=O) groups is 1. The van der Waals surface area contributed by atoms with Crippen molar-refractivity contribution in [2.45, 2.75) is 13.8 Å². The first-order valence-electron chi connectivity index (χ1n) is 11.5. The van der Waals surface area contributed by atoms with E-state index in [2.05, 4.69) is 4.98 Å². The predicted molar refractivity (Wildman–Crippen MR) is 138 cm³/mol. The van der Waals surface area contributed by atoms with Crippen LogP contribution >= 0.6 is 0 Å². The summed E-state index contributed by atoms with van der Waals surface area (Å²) in [6, 6.07) is 14.5. The lowest BCUT2D eigenvalue weighted by molar-refractivity contribution is 0.199. The molecule has 0 spiro atoms. The van der Waals surface area contributed by atoms with Crippen molar-refractivity contribution in [2.24, 2.45) is 0 Å². The summed E-state index contributed by atoms with van der Waals surface area (Å²) in [6.45, 7) is 3.81. The second-order valence-electron chi connectivity index (χ2n) is 8.21. The van der Waals surface area contributed by atoms with E-state index in [1.54, 1.807) is 56.8 Å². The Morgan fingerprint density at radius 2 is 1.70 bits per heavy atom. The highest BCUT2D eigenvalue weighted by atomic mass is 19.1. The average molecular weight is 507 g/mol. The summed E-state index contributed by atoms with van der Waals surface area (Å²) in [7, 11) is 3.12. The summed E-state index contributed by atoms with van der Waals surface area (Å²) in [5.74, 6) is 2.17. The maximum atomic E-state index is 13.4. The zero-order chi connectivity index (χ0) is 26.5. The second-order valence-corrected chi connectivity index (χ2v) is 8.21. The molecule has 9 heteroatoms. The fraction of sp³-hybridized carbons (Fsp3) is 0.214. The Bertz CT molecular complexity index is 1440. The highest BCUT2D eigenvalue weighted by molar-refractivity contribution is 5.89. The molecule has 0 bridgehead atoms. The van der Waals surface area contributed by atoms with Crippen LogP contribution in [-0.4, -0.2) is 43.6 Å². The van der Waals surface area contributed by atoms with Gasteiger partial charge in [-0.05, 0) is 61.4 Å². The normalized spacial score (nSPS) is 10.7. The van der Waals surface area contributed by atoms with Gasteiger partial charge in [-0.2, -0.15) is 0 Å². The molecule has 1 heterocycles. The van der Waals surface area contributed by atoms with Gasteiger partial charge in [0.1, 0.15) is 29.7 Å². The van der Waals surface area contributed by atoms with Gasteiger partial charge in [-0.15, -0.1) is 0 Å². The van der Waals surface area contributed by atoms with E-state index in [9.17, 15) is 14.3 Å². The van der Waals surface area contributed by atoms with Crippen LogP contribution in [0.5, 0.6) is 28.7 Å². The standard InChI is InChI=1S/C28H27FN2O6/c1-17-18(2)24(37-25-10-11-30-22-16-27(35-4)26(34-3)15-21(22)25)9-8-23(17)31(28(32)33)12-13-36-20-7-5-6-19(29)14-20/h5-11,14-16H,12-13H2,1-4H3,(H,32,33). The third kappa shape index (κ3) is 5.50. The number of anilines is 1. The van der Waals surface area contributed by atoms with Gasteiger partial charge in [0.15, 0.2) is 11.5 Å². The van der Waals surface area contributed by atoms with Crippen molar-refractivity contribution in [3.05, 3.63) is 77.7 Å². The number of hydrogen-bond acceptors (Lipinski definition) is 6. The number of methoxy groups -OCH3 is 2. The van der Waals surface area contributed by atoms with Crippen molar-refractivity contribution in [1.29, 1.82) is 0 Å². The number of fused-ring (bicyclic) bond motifs is 1. The Morgan fingerprint density at radius 1 is 0.946 bits per heavy atom. The van der Waals surface area contributed by atoms with Crippen LogP contribution in [0.3, 0.4) is 0 Å². The van der Waals surface area contributed by atoms with Crippen molar-refractivity contribution in [3.8, 4) is 28.7 Å². The summed E-state index contributed by atoms with van der Waals surface area (Å²) >= 11 is 0. The quantitative estimate of drug-likeness (QED) is 0.282. The number of amides is 1. The smallest absolute Gasteiger partial charge is 0.411 e. The van der Waals surface area contributed by atoms with Crippen molar-refractivity contribution in [2.75, 3.05) is 32.3 Å².